The highest BCUT2D eigenvalue weighted by atomic mass is 15.2. The molecule has 1 aromatic heterocycles. The van der Waals surface area contributed by atoms with Crippen LogP contribution < -0.4 is 4.90 Å². The summed E-state index contributed by atoms with van der Waals surface area (Å²) in [4.78, 5) is 6.76. The molecular formula is C44H31N3. The number of aromatic nitrogens is 1. The van der Waals surface area contributed by atoms with Crippen LogP contribution in [0.25, 0.3) is 60.9 Å². The first-order valence-electron chi connectivity index (χ1n) is 16.0. The van der Waals surface area contributed by atoms with Crippen LogP contribution in [0.4, 0.5) is 17.1 Å². The van der Waals surface area contributed by atoms with Crippen molar-refractivity contribution in [2.45, 2.75) is 6.54 Å². The van der Waals surface area contributed by atoms with Crippen molar-refractivity contribution in [2.24, 2.45) is 4.99 Å². The minimum atomic E-state index is 0.732. The van der Waals surface area contributed by atoms with Crippen molar-refractivity contribution < 1.29 is 0 Å². The van der Waals surface area contributed by atoms with Crippen molar-refractivity contribution in [3.05, 3.63) is 169 Å². The quantitative estimate of drug-likeness (QED) is 0.180. The lowest BCUT2D eigenvalue weighted by Crippen LogP contribution is -2.22. The van der Waals surface area contributed by atoms with Gasteiger partial charge in [-0.3, -0.25) is 4.99 Å². The number of nitrogens with zero attached hydrogens (tertiary/aromatic N) is 3. The van der Waals surface area contributed by atoms with E-state index in [0.29, 0.717) is 0 Å². The highest BCUT2D eigenvalue weighted by molar-refractivity contribution is 6.16. The van der Waals surface area contributed by atoms with E-state index in [4.69, 9.17) is 0 Å². The number of hydrogen-bond acceptors (Lipinski definition) is 2. The fourth-order valence-electron chi connectivity index (χ4n) is 7.35. The van der Waals surface area contributed by atoms with Crippen LogP contribution in [0.1, 0.15) is 5.56 Å². The van der Waals surface area contributed by atoms with Crippen LogP contribution in [-0.2, 0) is 6.54 Å². The molecule has 7 aromatic carbocycles. The fraction of sp³-hybridized carbons (Fsp3) is 0.0227. The smallest absolute Gasteiger partial charge is 0.0859 e. The van der Waals surface area contributed by atoms with E-state index in [0.717, 1.165) is 23.6 Å². The zero-order valence-electron chi connectivity index (χ0n) is 25.8. The molecule has 47 heavy (non-hydrogen) atoms. The van der Waals surface area contributed by atoms with E-state index in [1.54, 1.807) is 0 Å². The lowest BCUT2D eigenvalue weighted by molar-refractivity contribution is 0.961. The van der Waals surface area contributed by atoms with Crippen molar-refractivity contribution >= 4 is 45.6 Å². The molecule has 0 bridgehead atoms. The Morgan fingerprint density at radius 2 is 1.13 bits per heavy atom. The molecule has 2 heterocycles. The van der Waals surface area contributed by atoms with Crippen LogP contribution in [0.5, 0.6) is 0 Å². The summed E-state index contributed by atoms with van der Waals surface area (Å²) in [6, 6.07) is 58.9. The molecule has 9 rings (SSSR count). The number of rotatable bonds is 5. The highest BCUT2D eigenvalue weighted by Crippen LogP contribution is 2.49. The molecule has 0 unspecified atom stereocenters. The molecule has 3 heteroatoms. The molecule has 0 radical (unpaired) electrons. The molecule has 1 aliphatic rings. The Labute approximate surface area is 274 Å². The number of benzene rings is 7. The van der Waals surface area contributed by atoms with Gasteiger partial charge in [-0.25, -0.2) is 0 Å². The number of anilines is 2. The maximum absolute atomic E-state index is 4.38. The summed E-state index contributed by atoms with van der Waals surface area (Å²) >= 11 is 0. The zero-order valence-corrected chi connectivity index (χ0v) is 25.8. The maximum atomic E-state index is 4.38. The van der Waals surface area contributed by atoms with Crippen molar-refractivity contribution in [1.29, 1.82) is 0 Å². The van der Waals surface area contributed by atoms with Crippen molar-refractivity contribution in [3.8, 4) is 39.1 Å². The summed E-state index contributed by atoms with van der Waals surface area (Å²) in [5.41, 5.74) is 15.2. The second kappa shape index (κ2) is 11.0. The van der Waals surface area contributed by atoms with Gasteiger partial charge >= 0.3 is 0 Å². The lowest BCUT2D eigenvalue weighted by Gasteiger charge is -2.34. The van der Waals surface area contributed by atoms with Gasteiger partial charge in [0.15, 0.2) is 0 Å². The number of aliphatic imine (C=N–C) groups is 1. The Kier molecular flexibility index (Phi) is 6.36. The molecule has 0 amide bonds. The van der Waals surface area contributed by atoms with Crippen LogP contribution >= 0.6 is 0 Å². The highest BCUT2D eigenvalue weighted by Gasteiger charge is 2.28. The summed E-state index contributed by atoms with van der Waals surface area (Å²) < 4.78 is 2.49. The van der Waals surface area contributed by atoms with Crippen molar-refractivity contribution in [2.75, 3.05) is 4.90 Å². The summed E-state index contributed by atoms with van der Waals surface area (Å²) in [5.74, 6) is 0. The summed E-state index contributed by atoms with van der Waals surface area (Å²) in [5, 5.41) is 2.50. The van der Waals surface area contributed by atoms with Gasteiger partial charge < -0.3 is 9.47 Å². The molecule has 8 aromatic rings. The van der Waals surface area contributed by atoms with Gasteiger partial charge in [0.25, 0.3) is 0 Å². The topological polar surface area (TPSA) is 20.5 Å². The van der Waals surface area contributed by atoms with Crippen LogP contribution in [0.2, 0.25) is 0 Å². The van der Waals surface area contributed by atoms with E-state index in [1.807, 2.05) is 12.1 Å². The van der Waals surface area contributed by atoms with E-state index in [1.165, 1.54) is 66.4 Å². The van der Waals surface area contributed by atoms with E-state index in [2.05, 4.69) is 173 Å². The van der Waals surface area contributed by atoms with Gasteiger partial charge in [-0.05, 0) is 77.0 Å². The first-order valence-corrected chi connectivity index (χ1v) is 16.0. The molecule has 0 fully saturated rings. The first kappa shape index (κ1) is 27.1. The molecule has 1 aliphatic heterocycles. The van der Waals surface area contributed by atoms with Gasteiger partial charge in [0.1, 0.15) is 0 Å². The minimum absolute atomic E-state index is 0.732. The van der Waals surface area contributed by atoms with E-state index < -0.39 is 0 Å². The number of fused-ring (bicyclic) bond motifs is 7. The Morgan fingerprint density at radius 1 is 0.511 bits per heavy atom. The predicted molar refractivity (Wildman–Crippen MR) is 199 cm³/mol. The minimum Gasteiger partial charge on any atom is -0.335 e. The van der Waals surface area contributed by atoms with E-state index in [-0.39, 0.29) is 0 Å². The van der Waals surface area contributed by atoms with E-state index in [9.17, 15) is 0 Å². The van der Waals surface area contributed by atoms with Crippen molar-refractivity contribution in [1.82, 2.24) is 4.57 Å². The SMILES string of the molecule is C=Nc1ccccc1N1Cc2ccc3c4ccccc4n(-c4cc(-c5ccccc5)cc(-c5ccccc5)c4)c3c2-c2ccccc21. The van der Waals surface area contributed by atoms with Gasteiger partial charge in [0, 0.05) is 39.8 Å². The molecule has 3 nitrogen and oxygen atoms in total. The fourth-order valence-corrected chi connectivity index (χ4v) is 7.35. The standard InChI is InChI=1S/C44H31N3/c1-45-39-20-10-13-23-42(39)46-29-32-24-25-37-36-18-8-12-22-41(36)47(44(37)43(32)38-19-9-11-21-40(38)46)35-27-33(30-14-4-2-5-15-30)26-34(28-35)31-16-6-3-7-17-31/h2-28H,1,29H2. The molecule has 222 valence electrons. The molecule has 0 saturated carbocycles. The van der Waals surface area contributed by atoms with Gasteiger partial charge in [-0.2, -0.15) is 0 Å². The predicted octanol–water partition coefficient (Wildman–Crippen LogP) is 11.8. The van der Waals surface area contributed by atoms with Gasteiger partial charge in [0.2, 0.25) is 0 Å². The van der Waals surface area contributed by atoms with E-state index >= 15 is 0 Å². The molecule has 0 atom stereocenters. The Morgan fingerprint density at radius 3 is 1.85 bits per heavy atom. The molecule has 0 saturated heterocycles. The third-order valence-electron chi connectivity index (χ3n) is 9.45. The summed E-state index contributed by atoms with van der Waals surface area (Å²) in [6.45, 7) is 4.61. The molecule has 0 N–H and O–H groups in total. The average Bonchev–Trinajstić information content (AvgIpc) is 3.49. The molecule has 0 spiro atoms. The summed E-state index contributed by atoms with van der Waals surface area (Å²) in [6.07, 6.45) is 0. The second-order valence-electron chi connectivity index (χ2n) is 12.1. The van der Waals surface area contributed by atoms with Crippen LogP contribution in [0.15, 0.2) is 169 Å². The second-order valence-corrected chi connectivity index (χ2v) is 12.1. The molecule has 0 aliphatic carbocycles. The number of hydrogen-bond donors (Lipinski definition) is 0. The lowest BCUT2D eigenvalue weighted by atomic mass is 9.90. The largest absolute Gasteiger partial charge is 0.335 e. The Balaban J connectivity index is 1.36. The van der Waals surface area contributed by atoms with Crippen molar-refractivity contribution in [3.63, 3.8) is 0 Å². The van der Waals surface area contributed by atoms with Gasteiger partial charge in [-0.1, -0.05) is 121 Å². The zero-order chi connectivity index (χ0) is 31.3. The monoisotopic (exact) mass is 601 g/mol. The maximum Gasteiger partial charge on any atom is 0.0859 e. The van der Waals surface area contributed by atoms with Crippen LogP contribution in [0.3, 0.4) is 0 Å². The first-order chi connectivity index (χ1) is 23.3. The molecular weight excluding hydrogens is 571 g/mol. The van der Waals surface area contributed by atoms with Gasteiger partial charge in [0.05, 0.1) is 22.4 Å². The normalized spacial score (nSPS) is 12.2. The van der Waals surface area contributed by atoms with Gasteiger partial charge in [-0.15, -0.1) is 0 Å². The van der Waals surface area contributed by atoms with Crippen LogP contribution in [-0.4, -0.2) is 11.3 Å². The third kappa shape index (κ3) is 4.39. The summed E-state index contributed by atoms with van der Waals surface area (Å²) in [7, 11) is 0. The Hall–Kier alpha value is -6.19. The van der Waals surface area contributed by atoms with Crippen LogP contribution in [0, 0.1) is 0 Å². The average molecular weight is 602 g/mol. The Bertz CT molecular complexity index is 2400. The number of para-hydroxylation sites is 4. The third-order valence-corrected chi connectivity index (χ3v) is 9.45.